The molecule has 0 aliphatic heterocycles. The van der Waals surface area contributed by atoms with Crippen molar-refractivity contribution in [3.8, 4) is 0 Å². The molecule has 0 aliphatic carbocycles. The van der Waals surface area contributed by atoms with Crippen LogP contribution in [0.4, 0.5) is 11.4 Å². The SMILES string of the molecule is CCC(O)CCCCN(c1ccccc1)c1ccccc1. The van der Waals surface area contributed by atoms with Gasteiger partial charge in [0.2, 0.25) is 0 Å². The lowest BCUT2D eigenvalue weighted by molar-refractivity contribution is 0.157. The molecule has 0 amide bonds. The second-order valence-corrected chi connectivity index (χ2v) is 5.38. The Morgan fingerprint density at radius 1 is 0.857 bits per heavy atom. The molecule has 0 heterocycles. The molecule has 2 aromatic carbocycles. The van der Waals surface area contributed by atoms with Gasteiger partial charge in [-0.1, -0.05) is 43.3 Å². The monoisotopic (exact) mass is 283 g/mol. The number of aliphatic hydroxyl groups is 1. The predicted octanol–water partition coefficient (Wildman–Crippen LogP) is 4.77. The van der Waals surface area contributed by atoms with E-state index in [2.05, 4.69) is 53.4 Å². The molecule has 0 saturated heterocycles. The molecule has 1 N–H and O–H groups in total. The van der Waals surface area contributed by atoms with Gasteiger partial charge in [0, 0.05) is 17.9 Å². The molecule has 0 aliphatic rings. The summed E-state index contributed by atoms with van der Waals surface area (Å²) in [6, 6.07) is 21.0. The topological polar surface area (TPSA) is 23.5 Å². The van der Waals surface area contributed by atoms with E-state index >= 15 is 0 Å². The fraction of sp³-hybridized carbons (Fsp3) is 0.368. The third kappa shape index (κ3) is 4.91. The van der Waals surface area contributed by atoms with E-state index in [9.17, 15) is 5.11 Å². The van der Waals surface area contributed by atoms with Gasteiger partial charge >= 0.3 is 0 Å². The number of anilines is 2. The standard InChI is InChI=1S/C19H25NO/c1-2-19(21)15-9-10-16-20(17-11-5-3-6-12-17)18-13-7-4-8-14-18/h3-8,11-14,19,21H,2,9-10,15-16H2,1H3. The van der Waals surface area contributed by atoms with E-state index in [1.54, 1.807) is 0 Å². The molecular weight excluding hydrogens is 258 g/mol. The third-order valence-electron chi connectivity index (χ3n) is 3.78. The summed E-state index contributed by atoms with van der Waals surface area (Å²) in [5.41, 5.74) is 2.44. The van der Waals surface area contributed by atoms with Crippen LogP contribution in [0.2, 0.25) is 0 Å². The highest BCUT2D eigenvalue weighted by Gasteiger charge is 2.08. The second kappa shape index (κ2) is 8.48. The van der Waals surface area contributed by atoms with E-state index in [1.807, 2.05) is 19.1 Å². The Morgan fingerprint density at radius 3 is 1.86 bits per heavy atom. The molecular formula is C19H25NO. The fourth-order valence-corrected chi connectivity index (χ4v) is 2.48. The van der Waals surface area contributed by atoms with Gasteiger partial charge in [-0.2, -0.15) is 0 Å². The van der Waals surface area contributed by atoms with Gasteiger partial charge in [-0.15, -0.1) is 0 Å². The van der Waals surface area contributed by atoms with E-state index < -0.39 is 0 Å². The fourth-order valence-electron chi connectivity index (χ4n) is 2.48. The van der Waals surface area contributed by atoms with Gasteiger partial charge in [-0.05, 0) is 49.9 Å². The van der Waals surface area contributed by atoms with E-state index in [-0.39, 0.29) is 6.10 Å². The third-order valence-corrected chi connectivity index (χ3v) is 3.78. The Labute approximate surface area is 128 Å². The molecule has 0 bridgehead atoms. The Bertz CT molecular complexity index is 458. The highest BCUT2D eigenvalue weighted by atomic mass is 16.3. The van der Waals surface area contributed by atoms with Crippen LogP contribution in [0.25, 0.3) is 0 Å². The van der Waals surface area contributed by atoms with Gasteiger partial charge in [0.15, 0.2) is 0 Å². The summed E-state index contributed by atoms with van der Waals surface area (Å²) in [7, 11) is 0. The molecule has 2 nitrogen and oxygen atoms in total. The molecule has 21 heavy (non-hydrogen) atoms. The summed E-state index contributed by atoms with van der Waals surface area (Å²) >= 11 is 0. The minimum Gasteiger partial charge on any atom is -0.393 e. The van der Waals surface area contributed by atoms with Gasteiger partial charge in [0.1, 0.15) is 0 Å². The molecule has 1 atom stereocenters. The van der Waals surface area contributed by atoms with Crippen molar-refractivity contribution in [2.75, 3.05) is 11.4 Å². The highest BCUT2D eigenvalue weighted by Crippen LogP contribution is 2.25. The molecule has 1 unspecified atom stereocenters. The number of rotatable bonds is 8. The zero-order valence-electron chi connectivity index (χ0n) is 12.8. The molecule has 0 fully saturated rings. The normalized spacial score (nSPS) is 12.1. The first kappa shape index (κ1) is 15.6. The van der Waals surface area contributed by atoms with Crippen molar-refractivity contribution in [3.05, 3.63) is 60.7 Å². The van der Waals surface area contributed by atoms with Crippen LogP contribution in [0.15, 0.2) is 60.7 Å². The van der Waals surface area contributed by atoms with Crippen molar-refractivity contribution in [2.45, 2.75) is 38.7 Å². The highest BCUT2D eigenvalue weighted by molar-refractivity contribution is 5.62. The molecule has 0 aromatic heterocycles. The van der Waals surface area contributed by atoms with Crippen LogP contribution in [0.3, 0.4) is 0 Å². The predicted molar refractivity (Wildman–Crippen MR) is 90.0 cm³/mol. The summed E-state index contributed by atoms with van der Waals surface area (Å²) in [4.78, 5) is 2.35. The largest absolute Gasteiger partial charge is 0.393 e. The number of hydrogen-bond acceptors (Lipinski definition) is 2. The number of aliphatic hydroxyl groups excluding tert-OH is 1. The Hall–Kier alpha value is -1.80. The van der Waals surface area contributed by atoms with E-state index in [4.69, 9.17) is 0 Å². The van der Waals surface area contributed by atoms with Crippen LogP contribution in [0.5, 0.6) is 0 Å². The quantitative estimate of drug-likeness (QED) is 0.706. The van der Waals surface area contributed by atoms with Gasteiger partial charge in [0.25, 0.3) is 0 Å². The maximum absolute atomic E-state index is 9.64. The minimum absolute atomic E-state index is 0.146. The lowest BCUT2D eigenvalue weighted by atomic mass is 10.1. The number of benzene rings is 2. The van der Waals surface area contributed by atoms with Crippen molar-refractivity contribution in [2.24, 2.45) is 0 Å². The lowest BCUT2D eigenvalue weighted by Gasteiger charge is -2.25. The van der Waals surface area contributed by atoms with Gasteiger partial charge in [-0.3, -0.25) is 0 Å². The average molecular weight is 283 g/mol. The summed E-state index contributed by atoms with van der Waals surface area (Å²) < 4.78 is 0. The zero-order valence-corrected chi connectivity index (χ0v) is 12.8. The number of nitrogens with zero attached hydrogens (tertiary/aromatic N) is 1. The van der Waals surface area contributed by atoms with Crippen molar-refractivity contribution >= 4 is 11.4 Å². The first-order valence-corrected chi connectivity index (χ1v) is 7.87. The summed E-state index contributed by atoms with van der Waals surface area (Å²) in [6.45, 7) is 3.01. The van der Waals surface area contributed by atoms with Crippen molar-refractivity contribution in [1.82, 2.24) is 0 Å². The molecule has 2 aromatic rings. The molecule has 112 valence electrons. The maximum atomic E-state index is 9.64. The summed E-state index contributed by atoms with van der Waals surface area (Å²) in [6.07, 6.45) is 3.74. The van der Waals surface area contributed by atoms with Crippen molar-refractivity contribution < 1.29 is 5.11 Å². The van der Waals surface area contributed by atoms with Crippen LogP contribution in [0.1, 0.15) is 32.6 Å². The van der Waals surface area contributed by atoms with Crippen LogP contribution >= 0.6 is 0 Å². The molecule has 0 radical (unpaired) electrons. The molecule has 2 heteroatoms. The van der Waals surface area contributed by atoms with Gasteiger partial charge in [-0.25, -0.2) is 0 Å². The molecule has 0 spiro atoms. The van der Waals surface area contributed by atoms with Crippen LogP contribution in [-0.4, -0.2) is 17.8 Å². The molecule has 0 saturated carbocycles. The average Bonchev–Trinajstić information content (AvgIpc) is 2.56. The number of unbranched alkanes of at least 4 members (excludes halogenated alkanes) is 1. The number of para-hydroxylation sites is 2. The second-order valence-electron chi connectivity index (χ2n) is 5.38. The van der Waals surface area contributed by atoms with E-state index in [1.165, 1.54) is 11.4 Å². The van der Waals surface area contributed by atoms with E-state index in [0.29, 0.717) is 0 Å². The van der Waals surface area contributed by atoms with Crippen molar-refractivity contribution in [1.29, 1.82) is 0 Å². The zero-order chi connectivity index (χ0) is 14.9. The Kier molecular flexibility index (Phi) is 6.29. The first-order chi connectivity index (χ1) is 10.3. The smallest absolute Gasteiger partial charge is 0.0537 e. The minimum atomic E-state index is -0.146. The van der Waals surface area contributed by atoms with Crippen LogP contribution < -0.4 is 4.90 Å². The van der Waals surface area contributed by atoms with Crippen LogP contribution in [0, 0.1) is 0 Å². The van der Waals surface area contributed by atoms with Crippen molar-refractivity contribution in [3.63, 3.8) is 0 Å². The van der Waals surface area contributed by atoms with Gasteiger partial charge in [0.05, 0.1) is 6.10 Å². The Balaban J connectivity index is 2.00. The summed E-state index contributed by atoms with van der Waals surface area (Å²) in [5.74, 6) is 0. The molecule has 2 rings (SSSR count). The van der Waals surface area contributed by atoms with Gasteiger partial charge < -0.3 is 10.0 Å². The summed E-state index contributed by atoms with van der Waals surface area (Å²) in [5, 5.41) is 9.64. The van der Waals surface area contributed by atoms with E-state index in [0.717, 1.165) is 32.2 Å². The Morgan fingerprint density at radius 2 is 1.38 bits per heavy atom. The van der Waals surface area contributed by atoms with Crippen LogP contribution in [-0.2, 0) is 0 Å². The number of hydrogen-bond donors (Lipinski definition) is 1. The lowest BCUT2D eigenvalue weighted by Crippen LogP contribution is -2.18. The first-order valence-electron chi connectivity index (χ1n) is 7.87. The maximum Gasteiger partial charge on any atom is 0.0537 e.